The molecule has 1 fully saturated rings. The molecule has 1 aliphatic rings. The molecule has 2 N–H and O–H groups in total. The molecule has 4 heteroatoms. The van der Waals surface area contributed by atoms with E-state index in [2.05, 4.69) is 34.1 Å². The van der Waals surface area contributed by atoms with Crippen LogP contribution in [0.4, 0.5) is 11.4 Å². The highest BCUT2D eigenvalue weighted by atomic mass is 16.1. The highest BCUT2D eigenvalue weighted by Gasteiger charge is 2.17. The molecule has 0 spiro atoms. The smallest absolute Gasteiger partial charge is 0.164 e. The van der Waals surface area contributed by atoms with Crippen molar-refractivity contribution in [1.29, 1.82) is 0 Å². The van der Waals surface area contributed by atoms with Crippen LogP contribution in [0.3, 0.4) is 0 Å². The molecule has 0 atom stereocenters. The first kappa shape index (κ1) is 15.6. The van der Waals surface area contributed by atoms with Crippen LogP contribution in [-0.2, 0) is 0 Å². The molecule has 4 nitrogen and oxygen atoms in total. The molecule has 0 amide bonds. The van der Waals surface area contributed by atoms with Crippen molar-refractivity contribution in [2.45, 2.75) is 6.42 Å². The number of benzene rings is 2. The molecule has 0 radical (unpaired) electrons. The fourth-order valence-corrected chi connectivity index (χ4v) is 2.94. The predicted octanol–water partition coefficient (Wildman–Crippen LogP) is 2.66. The zero-order valence-electron chi connectivity index (χ0n) is 13.3. The summed E-state index contributed by atoms with van der Waals surface area (Å²) in [4.78, 5) is 17.0. The topological polar surface area (TPSA) is 49.6 Å². The third-order valence-electron chi connectivity index (χ3n) is 4.38. The van der Waals surface area contributed by atoms with Crippen molar-refractivity contribution in [2.24, 2.45) is 0 Å². The Morgan fingerprint density at radius 2 is 1.57 bits per heavy atom. The minimum atomic E-state index is 0.190. The van der Waals surface area contributed by atoms with Gasteiger partial charge in [0, 0.05) is 56.1 Å². The molecular weight excluding hydrogens is 286 g/mol. The van der Waals surface area contributed by atoms with Gasteiger partial charge in [-0.3, -0.25) is 9.69 Å². The number of carbonyl (C=O) groups is 1. The third kappa shape index (κ3) is 4.11. The van der Waals surface area contributed by atoms with Crippen LogP contribution in [0.2, 0.25) is 0 Å². The van der Waals surface area contributed by atoms with Crippen LogP contribution in [0.15, 0.2) is 54.6 Å². The van der Waals surface area contributed by atoms with E-state index in [1.165, 1.54) is 5.69 Å². The fraction of sp³-hybridized carbons (Fsp3) is 0.316. The molecule has 0 saturated carbocycles. The van der Waals surface area contributed by atoms with Crippen molar-refractivity contribution in [3.05, 3.63) is 60.2 Å². The number of ketones is 1. The molecule has 2 aromatic carbocycles. The highest BCUT2D eigenvalue weighted by Crippen LogP contribution is 2.16. The average Bonchev–Trinajstić information content (AvgIpc) is 2.61. The van der Waals surface area contributed by atoms with E-state index < -0.39 is 0 Å². The molecule has 23 heavy (non-hydrogen) atoms. The Morgan fingerprint density at radius 1 is 0.913 bits per heavy atom. The molecule has 0 aromatic heterocycles. The average molecular weight is 309 g/mol. The Labute approximate surface area is 137 Å². The van der Waals surface area contributed by atoms with Gasteiger partial charge in [-0.1, -0.05) is 18.2 Å². The van der Waals surface area contributed by atoms with Gasteiger partial charge in [-0.2, -0.15) is 0 Å². The number of nitrogen functional groups attached to an aromatic ring is 1. The number of para-hydroxylation sites is 1. The number of carbonyl (C=O) groups excluding carboxylic acids is 1. The second-order valence-corrected chi connectivity index (χ2v) is 5.96. The van der Waals surface area contributed by atoms with E-state index in [-0.39, 0.29) is 5.78 Å². The summed E-state index contributed by atoms with van der Waals surface area (Å²) in [5.41, 5.74) is 8.38. The van der Waals surface area contributed by atoms with Gasteiger partial charge in [-0.25, -0.2) is 0 Å². The van der Waals surface area contributed by atoms with Crippen LogP contribution in [0.25, 0.3) is 0 Å². The lowest BCUT2D eigenvalue weighted by atomic mass is 10.1. The Balaban J connectivity index is 1.46. The van der Waals surface area contributed by atoms with Crippen LogP contribution in [0.5, 0.6) is 0 Å². The van der Waals surface area contributed by atoms with Crippen molar-refractivity contribution in [3.63, 3.8) is 0 Å². The Morgan fingerprint density at radius 3 is 2.22 bits per heavy atom. The number of piperazine rings is 1. The Kier molecular flexibility index (Phi) is 4.93. The summed E-state index contributed by atoms with van der Waals surface area (Å²) >= 11 is 0. The van der Waals surface area contributed by atoms with E-state index in [1.807, 2.05) is 18.2 Å². The highest BCUT2D eigenvalue weighted by molar-refractivity contribution is 5.96. The lowest BCUT2D eigenvalue weighted by Gasteiger charge is -2.36. The van der Waals surface area contributed by atoms with Gasteiger partial charge in [0.05, 0.1) is 0 Å². The maximum Gasteiger partial charge on any atom is 0.164 e. The summed E-state index contributed by atoms with van der Waals surface area (Å²) in [7, 11) is 0. The first-order valence-corrected chi connectivity index (χ1v) is 8.13. The summed E-state index contributed by atoms with van der Waals surface area (Å²) in [6, 6.07) is 17.7. The standard InChI is InChI=1S/C19H23N3O/c20-17-8-6-16(7-9-17)19(23)10-11-21-12-14-22(15-13-21)18-4-2-1-3-5-18/h1-9H,10-15,20H2. The molecule has 2 aromatic rings. The molecule has 3 rings (SSSR count). The van der Waals surface area contributed by atoms with Gasteiger partial charge in [0.2, 0.25) is 0 Å². The third-order valence-corrected chi connectivity index (χ3v) is 4.38. The summed E-state index contributed by atoms with van der Waals surface area (Å²) in [5, 5.41) is 0. The van der Waals surface area contributed by atoms with E-state index >= 15 is 0 Å². The lowest BCUT2D eigenvalue weighted by molar-refractivity contribution is 0.0962. The van der Waals surface area contributed by atoms with E-state index in [9.17, 15) is 4.79 Å². The van der Waals surface area contributed by atoms with Gasteiger partial charge in [-0.15, -0.1) is 0 Å². The van der Waals surface area contributed by atoms with Gasteiger partial charge in [-0.05, 0) is 36.4 Å². The molecule has 1 saturated heterocycles. The Bertz CT molecular complexity index is 631. The Hall–Kier alpha value is -2.33. The van der Waals surface area contributed by atoms with Crippen LogP contribution in [0, 0.1) is 0 Å². The molecule has 120 valence electrons. The number of hydrogen-bond acceptors (Lipinski definition) is 4. The van der Waals surface area contributed by atoms with Crippen LogP contribution in [0.1, 0.15) is 16.8 Å². The van der Waals surface area contributed by atoms with E-state index in [0.717, 1.165) is 38.3 Å². The number of nitrogens with two attached hydrogens (primary N) is 1. The number of anilines is 2. The number of rotatable bonds is 5. The zero-order valence-corrected chi connectivity index (χ0v) is 13.3. The van der Waals surface area contributed by atoms with Gasteiger partial charge in [0.15, 0.2) is 5.78 Å². The van der Waals surface area contributed by atoms with Crippen molar-refractivity contribution in [1.82, 2.24) is 4.90 Å². The molecular formula is C19H23N3O. The van der Waals surface area contributed by atoms with Crippen molar-refractivity contribution in [3.8, 4) is 0 Å². The zero-order chi connectivity index (χ0) is 16.1. The van der Waals surface area contributed by atoms with Crippen LogP contribution < -0.4 is 10.6 Å². The normalized spacial score (nSPS) is 15.6. The second-order valence-electron chi connectivity index (χ2n) is 5.96. The summed E-state index contributed by atoms with van der Waals surface area (Å²) in [6.45, 7) is 4.86. The predicted molar refractivity (Wildman–Crippen MR) is 94.9 cm³/mol. The first-order valence-electron chi connectivity index (χ1n) is 8.13. The molecule has 0 unspecified atom stereocenters. The first-order chi connectivity index (χ1) is 11.2. The minimum absolute atomic E-state index is 0.190. The molecule has 0 aliphatic carbocycles. The fourth-order valence-electron chi connectivity index (χ4n) is 2.94. The molecule has 1 aliphatic heterocycles. The summed E-state index contributed by atoms with van der Waals surface area (Å²) in [5.74, 6) is 0.190. The van der Waals surface area contributed by atoms with Crippen molar-refractivity contribution < 1.29 is 4.79 Å². The molecule has 1 heterocycles. The van der Waals surface area contributed by atoms with Gasteiger partial charge in [0.1, 0.15) is 0 Å². The quantitative estimate of drug-likeness (QED) is 0.681. The number of Topliss-reactive ketones (excluding diaryl/α,β-unsaturated/α-hetero) is 1. The van der Waals surface area contributed by atoms with E-state index in [4.69, 9.17) is 5.73 Å². The van der Waals surface area contributed by atoms with Gasteiger partial charge < -0.3 is 10.6 Å². The number of nitrogens with zero attached hydrogens (tertiary/aromatic N) is 2. The van der Waals surface area contributed by atoms with Crippen LogP contribution in [-0.4, -0.2) is 43.4 Å². The lowest BCUT2D eigenvalue weighted by Crippen LogP contribution is -2.46. The summed E-state index contributed by atoms with van der Waals surface area (Å²) in [6.07, 6.45) is 0.565. The van der Waals surface area contributed by atoms with Crippen molar-refractivity contribution >= 4 is 17.2 Å². The summed E-state index contributed by atoms with van der Waals surface area (Å²) < 4.78 is 0. The van der Waals surface area contributed by atoms with E-state index in [1.54, 1.807) is 12.1 Å². The molecule has 0 bridgehead atoms. The minimum Gasteiger partial charge on any atom is -0.399 e. The maximum atomic E-state index is 12.2. The van der Waals surface area contributed by atoms with Gasteiger partial charge >= 0.3 is 0 Å². The SMILES string of the molecule is Nc1ccc(C(=O)CCN2CCN(c3ccccc3)CC2)cc1. The maximum absolute atomic E-state index is 12.2. The van der Waals surface area contributed by atoms with Crippen molar-refractivity contribution in [2.75, 3.05) is 43.4 Å². The monoisotopic (exact) mass is 309 g/mol. The number of hydrogen-bond donors (Lipinski definition) is 1. The largest absolute Gasteiger partial charge is 0.399 e. The van der Waals surface area contributed by atoms with Gasteiger partial charge in [0.25, 0.3) is 0 Å². The second kappa shape index (κ2) is 7.29. The van der Waals surface area contributed by atoms with Crippen LogP contribution >= 0.6 is 0 Å². The van der Waals surface area contributed by atoms with E-state index in [0.29, 0.717) is 12.1 Å².